The highest BCUT2D eigenvalue weighted by Gasteiger charge is 2.72. The zero-order valence-corrected chi connectivity index (χ0v) is 22.4. The third kappa shape index (κ3) is 4.93. The Hall–Kier alpha value is -2.36. The number of anilines is 1. The highest BCUT2D eigenvalue weighted by molar-refractivity contribution is 7.98. The molecule has 37 heavy (non-hydrogen) atoms. The summed E-state index contributed by atoms with van der Waals surface area (Å²) in [5.41, 5.74) is -0.446. The summed E-state index contributed by atoms with van der Waals surface area (Å²) in [7, 11) is 0. The van der Waals surface area contributed by atoms with E-state index in [0.29, 0.717) is 31.9 Å². The van der Waals surface area contributed by atoms with Crippen LogP contribution in [0.4, 0.5) is 5.69 Å². The molecule has 200 valence electrons. The first-order valence-electron chi connectivity index (χ1n) is 13.5. The van der Waals surface area contributed by atoms with Crippen LogP contribution >= 0.6 is 11.8 Å². The van der Waals surface area contributed by atoms with E-state index in [1.807, 2.05) is 49.6 Å². The predicted molar refractivity (Wildman–Crippen MR) is 142 cm³/mol. The summed E-state index contributed by atoms with van der Waals surface area (Å²) >= 11 is 1.60. The van der Waals surface area contributed by atoms with E-state index in [4.69, 9.17) is 9.47 Å². The van der Waals surface area contributed by atoms with Gasteiger partial charge in [-0.2, -0.15) is 0 Å². The molecule has 1 saturated carbocycles. The fraction of sp³-hybridized carbons (Fsp3) is 0.607. The van der Waals surface area contributed by atoms with E-state index in [0.717, 1.165) is 30.6 Å². The van der Waals surface area contributed by atoms with E-state index >= 15 is 0 Å². The number of rotatable bonds is 10. The van der Waals surface area contributed by atoms with Crippen LogP contribution in [0.1, 0.15) is 45.4 Å². The molecule has 5 rings (SSSR count). The summed E-state index contributed by atoms with van der Waals surface area (Å²) in [5, 5.41) is 6.22. The maximum absolute atomic E-state index is 13.9. The molecular formula is C28H37N3O5S. The van der Waals surface area contributed by atoms with Gasteiger partial charge in [-0.25, -0.2) is 0 Å². The minimum absolute atomic E-state index is 0.113. The fourth-order valence-corrected chi connectivity index (χ4v) is 6.90. The summed E-state index contributed by atoms with van der Waals surface area (Å²) in [4.78, 5) is 43.9. The second kappa shape index (κ2) is 11.2. The van der Waals surface area contributed by atoms with Crippen molar-refractivity contribution in [2.45, 2.75) is 74.1 Å². The zero-order chi connectivity index (χ0) is 26.0. The Kier molecular flexibility index (Phi) is 7.93. The summed E-state index contributed by atoms with van der Waals surface area (Å²) in [6.45, 7) is 3.41. The van der Waals surface area contributed by atoms with Gasteiger partial charge in [0.05, 0.1) is 17.9 Å². The summed E-state index contributed by atoms with van der Waals surface area (Å²) in [6, 6.07) is 6.95. The smallest absolute Gasteiger partial charge is 0.246 e. The quantitative estimate of drug-likeness (QED) is 0.275. The molecule has 0 radical (unpaired) electrons. The van der Waals surface area contributed by atoms with Crippen LogP contribution < -0.4 is 10.6 Å². The molecule has 0 aromatic heterocycles. The highest BCUT2D eigenvalue weighted by atomic mass is 32.2. The number of likely N-dealkylation sites (tertiary alicyclic amines) is 1. The van der Waals surface area contributed by atoms with Crippen molar-refractivity contribution in [2.75, 3.05) is 31.3 Å². The first kappa shape index (κ1) is 26.3. The third-order valence-corrected chi connectivity index (χ3v) is 8.83. The molecule has 1 aliphatic carbocycles. The Morgan fingerprint density at radius 2 is 2.03 bits per heavy atom. The Bertz CT molecular complexity index is 1060. The van der Waals surface area contributed by atoms with Gasteiger partial charge in [-0.3, -0.25) is 14.4 Å². The second-order valence-corrected chi connectivity index (χ2v) is 11.2. The molecule has 8 nitrogen and oxygen atoms in total. The Morgan fingerprint density at radius 3 is 2.78 bits per heavy atom. The standard InChI is InChI=1S/C28H37N3O5S/c1-3-35-16-8-15-31-24(26(33)29-18-9-5-4-6-10-18)28-14-13-21(36-28)22(23(28)27(31)34)25(32)30-19-11-7-12-20(17-19)37-2/h7,11-14,17-18,21-24H,3-6,8-10,15-16H2,1-2H3,(H,29,33)(H,30,32)/t21-,22+,23-,24+,28-/m0/s1. The molecule has 2 saturated heterocycles. The van der Waals surface area contributed by atoms with Gasteiger partial charge < -0.3 is 25.0 Å². The van der Waals surface area contributed by atoms with Crippen molar-refractivity contribution in [3.05, 3.63) is 36.4 Å². The molecule has 1 spiro atoms. The van der Waals surface area contributed by atoms with Gasteiger partial charge in [-0.05, 0) is 50.6 Å². The molecule has 1 aromatic rings. The van der Waals surface area contributed by atoms with Crippen LogP contribution in [0, 0.1) is 11.8 Å². The zero-order valence-electron chi connectivity index (χ0n) is 21.6. The number of fused-ring (bicyclic) bond motifs is 1. The van der Waals surface area contributed by atoms with Crippen LogP contribution in [0.15, 0.2) is 41.3 Å². The van der Waals surface area contributed by atoms with E-state index in [1.165, 1.54) is 6.42 Å². The minimum atomic E-state index is -1.13. The predicted octanol–water partition coefficient (Wildman–Crippen LogP) is 3.37. The van der Waals surface area contributed by atoms with Crippen LogP contribution in [0.3, 0.4) is 0 Å². The molecule has 9 heteroatoms. The van der Waals surface area contributed by atoms with Crippen LogP contribution in [0.25, 0.3) is 0 Å². The van der Waals surface area contributed by atoms with E-state index in [2.05, 4.69) is 10.6 Å². The SMILES string of the molecule is CCOCCCN1C(=O)[C@@H]2[C@H](C(=O)Nc3cccc(SC)c3)[C@@H]3C=C[C@@]2(O3)[C@H]1C(=O)NC1CCCCC1. The van der Waals surface area contributed by atoms with Crippen molar-refractivity contribution in [1.82, 2.24) is 10.2 Å². The van der Waals surface area contributed by atoms with Crippen LogP contribution in [0.5, 0.6) is 0 Å². The van der Waals surface area contributed by atoms with Gasteiger partial charge >= 0.3 is 0 Å². The lowest BCUT2D eigenvalue weighted by molar-refractivity contribution is -0.141. The van der Waals surface area contributed by atoms with Crippen molar-refractivity contribution in [2.24, 2.45) is 11.8 Å². The molecule has 5 atom stereocenters. The normalized spacial score (nSPS) is 30.5. The molecule has 3 aliphatic heterocycles. The number of nitrogens with one attached hydrogen (secondary N) is 2. The average Bonchev–Trinajstić information content (AvgIpc) is 3.54. The van der Waals surface area contributed by atoms with Gasteiger partial charge in [0.15, 0.2) is 0 Å². The maximum atomic E-state index is 13.9. The van der Waals surface area contributed by atoms with Crippen LogP contribution in [-0.4, -0.2) is 72.4 Å². The number of hydrogen-bond donors (Lipinski definition) is 2. The summed E-state index contributed by atoms with van der Waals surface area (Å²) < 4.78 is 11.9. The maximum Gasteiger partial charge on any atom is 0.246 e. The number of carbonyl (C=O) groups is 3. The Morgan fingerprint density at radius 1 is 1.22 bits per heavy atom. The monoisotopic (exact) mass is 527 g/mol. The second-order valence-electron chi connectivity index (χ2n) is 10.3. The highest BCUT2D eigenvalue weighted by Crippen LogP contribution is 2.55. The van der Waals surface area contributed by atoms with E-state index in [-0.39, 0.29) is 23.8 Å². The largest absolute Gasteiger partial charge is 0.382 e. The van der Waals surface area contributed by atoms with Crippen molar-refractivity contribution in [1.29, 1.82) is 0 Å². The molecule has 2 N–H and O–H groups in total. The fourth-order valence-electron chi connectivity index (χ4n) is 6.44. The number of benzene rings is 1. The van der Waals surface area contributed by atoms with Crippen LogP contribution in [0.2, 0.25) is 0 Å². The van der Waals surface area contributed by atoms with Gasteiger partial charge in [-0.15, -0.1) is 11.8 Å². The molecule has 1 aromatic carbocycles. The Labute approximate surface area is 222 Å². The lowest BCUT2D eigenvalue weighted by atomic mass is 9.74. The molecular weight excluding hydrogens is 490 g/mol. The number of amides is 3. The number of hydrogen-bond acceptors (Lipinski definition) is 6. The van der Waals surface area contributed by atoms with Crippen molar-refractivity contribution >= 4 is 35.2 Å². The average molecular weight is 528 g/mol. The first-order chi connectivity index (χ1) is 18.0. The van der Waals surface area contributed by atoms with Gasteiger partial charge in [-0.1, -0.05) is 37.5 Å². The summed E-state index contributed by atoms with van der Waals surface area (Å²) in [5.74, 6) is -2.06. The first-order valence-corrected chi connectivity index (χ1v) is 14.7. The van der Waals surface area contributed by atoms with E-state index in [9.17, 15) is 14.4 Å². The molecule has 3 fully saturated rings. The van der Waals surface area contributed by atoms with Gasteiger partial charge in [0.2, 0.25) is 17.7 Å². The molecule has 3 amide bonds. The number of ether oxygens (including phenoxy) is 2. The topological polar surface area (TPSA) is 97.0 Å². The van der Waals surface area contributed by atoms with Crippen molar-refractivity contribution in [3.8, 4) is 0 Å². The lowest BCUT2D eigenvalue weighted by Crippen LogP contribution is -2.56. The lowest BCUT2D eigenvalue weighted by Gasteiger charge is -2.34. The molecule has 2 bridgehead atoms. The molecule has 0 unspecified atom stereocenters. The van der Waals surface area contributed by atoms with E-state index in [1.54, 1.807) is 16.7 Å². The van der Waals surface area contributed by atoms with Gasteiger partial charge in [0, 0.05) is 36.4 Å². The minimum Gasteiger partial charge on any atom is -0.382 e. The number of nitrogens with zero attached hydrogens (tertiary/aromatic N) is 1. The number of thioether (sulfide) groups is 1. The third-order valence-electron chi connectivity index (χ3n) is 8.11. The van der Waals surface area contributed by atoms with Crippen molar-refractivity contribution in [3.63, 3.8) is 0 Å². The molecule has 4 aliphatic rings. The summed E-state index contributed by atoms with van der Waals surface area (Å²) in [6.07, 6.45) is 11.1. The van der Waals surface area contributed by atoms with Gasteiger partial charge in [0.1, 0.15) is 11.6 Å². The van der Waals surface area contributed by atoms with Gasteiger partial charge in [0.25, 0.3) is 0 Å². The van der Waals surface area contributed by atoms with Crippen LogP contribution in [-0.2, 0) is 23.9 Å². The van der Waals surface area contributed by atoms with E-state index < -0.39 is 29.6 Å². The van der Waals surface area contributed by atoms with Crippen molar-refractivity contribution < 1.29 is 23.9 Å². The molecule has 3 heterocycles. The number of carbonyl (C=O) groups excluding carboxylic acids is 3. The Balaban J connectivity index is 1.40.